The van der Waals surface area contributed by atoms with Crippen LogP contribution >= 0.6 is 11.3 Å². The largest absolute Gasteiger partial charge is 0.369 e. The SMILES string of the molecule is NC(=Nc1ccccc1)N1CCN(c2nccs2)CC1. The van der Waals surface area contributed by atoms with Gasteiger partial charge in [-0.05, 0) is 12.1 Å². The summed E-state index contributed by atoms with van der Waals surface area (Å²) in [5.74, 6) is 0.593. The molecule has 0 radical (unpaired) electrons. The van der Waals surface area contributed by atoms with Crippen LogP contribution in [0.1, 0.15) is 0 Å². The molecule has 5 nitrogen and oxygen atoms in total. The average molecular weight is 287 g/mol. The average Bonchev–Trinajstić information content (AvgIpc) is 3.03. The Hall–Kier alpha value is -2.08. The van der Waals surface area contributed by atoms with E-state index in [4.69, 9.17) is 5.73 Å². The smallest absolute Gasteiger partial charge is 0.196 e. The van der Waals surface area contributed by atoms with Gasteiger partial charge in [0.1, 0.15) is 0 Å². The lowest BCUT2D eigenvalue weighted by Gasteiger charge is -2.35. The van der Waals surface area contributed by atoms with Crippen LogP contribution in [0.15, 0.2) is 46.9 Å². The summed E-state index contributed by atoms with van der Waals surface area (Å²) in [5, 5.41) is 3.09. The van der Waals surface area contributed by atoms with Gasteiger partial charge in [-0.2, -0.15) is 0 Å². The maximum atomic E-state index is 6.09. The molecule has 1 aliphatic heterocycles. The van der Waals surface area contributed by atoms with Crippen LogP contribution in [0.2, 0.25) is 0 Å². The second-order valence-corrected chi connectivity index (χ2v) is 5.47. The van der Waals surface area contributed by atoms with Crippen LogP contribution in [-0.4, -0.2) is 42.0 Å². The maximum absolute atomic E-state index is 6.09. The molecular weight excluding hydrogens is 270 g/mol. The van der Waals surface area contributed by atoms with Gasteiger partial charge in [0, 0.05) is 37.8 Å². The number of guanidine groups is 1. The molecule has 6 heteroatoms. The van der Waals surface area contributed by atoms with Crippen molar-refractivity contribution < 1.29 is 0 Å². The molecule has 20 heavy (non-hydrogen) atoms. The molecule has 1 aromatic heterocycles. The minimum atomic E-state index is 0.593. The van der Waals surface area contributed by atoms with Crippen molar-refractivity contribution in [3.63, 3.8) is 0 Å². The first kappa shape index (κ1) is 12.9. The van der Waals surface area contributed by atoms with Gasteiger partial charge in [0.15, 0.2) is 11.1 Å². The van der Waals surface area contributed by atoms with E-state index < -0.39 is 0 Å². The minimum Gasteiger partial charge on any atom is -0.369 e. The molecule has 0 bridgehead atoms. The van der Waals surface area contributed by atoms with E-state index in [9.17, 15) is 0 Å². The van der Waals surface area contributed by atoms with Crippen molar-refractivity contribution in [3.05, 3.63) is 41.9 Å². The number of benzene rings is 1. The standard InChI is InChI=1S/C14H17N5S/c15-13(17-12-4-2-1-3-5-12)18-7-9-19(10-8-18)14-16-6-11-20-14/h1-6,11H,7-10H2,(H2,15,17). The van der Waals surface area contributed by atoms with E-state index in [1.165, 1.54) is 0 Å². The third-order valence-corrected chi connectivity index (χ3v) is 4.13. The summed E-state index contributed by atoms with van der Waals surface area (Å²) in [6, 6.07) is 9.82. The topological polar surface area (TPSA) is 57.8 Å². The first-order valence-electron chi connectivity index (χ1n) is 6.61. The number of piperazine rings is 1. The van der Waals surface area contributed by atoms with Gasteiger partial charge in [0.25, 0.3) is 0 Å². The summed E-state index contributed by atoms with van der Waals surface area (Å²) >= 11 is 1.68. The van der Waals surface area contributed by atoms with Crippen molar-refractivity contribution in [1.82, 2.24) is 9.88 Å². The molecule has 0 atom stereocenters. The van der Waals surface area contributed by atoms with Gasteiger partial charge in [0.2, 0.25) is 0 Å². The Kier molecular flexibility index (Phi) is 3.83. The monoisotopic (exact) mass is 287 g/mol. The van der Waals surface area contributed by atoms with Gasteiger partial charge in [0.05, 0.1) is 5.69 Å². The first-order valence-corrected chi connectivity index (χ1v) is 7.49. The molecule has 1 aliphatic rings. The van der Waals surface area contributed by atoms with E-state index in [0.717, 1.165) is 37.0 Å². The molecule has 104 valence electrons. The molecule has 2 N–H and O–H groups in total. The molecule has 1 fully saturated rings. The van der Waals surface area contributed by atoms with Crippen LogP contribution < -0.4 is 10.6 Å². The first-order chi connectivity index (χ1) is 9.83. The second-order valence-electron chi connectivity index (χ2n) is 4.59. The molecular formula is C14H17N5S. The number of nitrogens with two attached hydrogens (primary N) is 1. The number of hydrogen-bond donors (Lipinski definition) is 1. The van der Waals surface area contributed by atoms with E-state index in [1.807, 2.05) is 41.9 Å². The number of nitrogens with zero attached hydrogens (tertiary/aromatic N) is 4. The van der Waals surface area contributed by atoms with Gasteiger partial charge in [-0.1, -0.05) is 18.2 Å². The number of para-hydroxylation sites is 1. The van der Waals surface area contributed by atoms with Crippen LogP contribution in [0, 0.1) is 0 Å². The van der Waals surface area contributed by atoms with Crippen molar-refractivity contribution >= 4 is 28.1 Å². The van der Waals surface area contributed by atoms with Crippen LogP contribution in [-0.2, 0) is 0 Å². The zero-order chi connectivity index (χ0) is 13.8. The molecule has 3 rings (SSSR count). The number of hydrogen-bond acceptors (Lipinski definition) is 4. The van der Waals surface area contributed by atoms with Crippen LogP contribution in [0.4, 0.5) is 10.8 Å². The highest BCUT2D eigenvalue weighted by molar-refractivity contribution is 7.13. The Morgan fingerprint density at radius 3 is 2.55 bits per heavy atom. The number of aliphatic imine (C=N–C) groups is 1. The Balaban J connectivity index is 1.62. The van der Waals surface area contributed by atoms with Crippen molar-refractivity contribution in [3.8, 4) is 0 Å². The second kappa shape index (κ2) is 5.92. The van der Waals surface area contributed by atoms with Gasteiger partial charge >= 0.3 is 0 Å². The molecule has 1 saturated heterocycles. The van der Waals surface area contributed by atoms with Gasteiger partial charge in [-0.3, -0.25) is 0 Å². The van der Waals surface area contributed by atoms with E-state index in [-0.39, 0.29) is 0 Å². The van der Waals surface area contributed by atoms with Crippen molar-refractivity contribution in [1.29, 1.82) is 0 Å². The van der Waals surface area contributed by atoms with Crippen molar-refractivity contribution in [2.75, 3.05) is 31.1 Å². The van der Waals surface area contributed by atoms with Crippen molar-refractivity contribution in [2.24, 2.45) is 10.7 Å². The summed E-state index contributed by atoms with van der Waals surface area (Å²) in [5.41, 5.74) is 6.98. The third-order valence-electron chi connectivity index (χ3n) is 3.29. The Morgan fingerprint density at radius 2 is 1.90 bits per heavy atom. The summed E-state index contributed by atoms with van der Waals surface area (Å²) in [6.45, 7) is 3.61. The van der Waals surface area contributed by atoms with Crippen molar-refractivity contribution in [2.45, 2.75) is 0 Å². The zero-order valence-electron chi connectivity index (χ0n) is 11.1. The number of rotatable bonds is 2. The number of aromatic nitrogens is 1. The fourth-order valence-electron chi connectivity index (χ4n) is 2.20. The van der Waals surface area contributed by atoms with Gasteiger partial charge in [-0.15, -0.1) is 11.3 Å². The van der Waals surface area contributed by atoms with E-state index in [0.29, 0.717) is 5.96 Å². The predicted octanol–water partition coefficient (Wildman–Crippen LogP) is 1.91. The summed E-state index contributed by atoms with van der Waals surface area (Å²) < 4.78 is 0. The van der Waals surface area contributed by atoms with Gasteiger partial charge in [-0.25, -0.2) is 9.98 Å². The third kappa shape index (κ3) is 2.91. The molecule has 2 aromatic rings. The highest BCUT2D eigenvalue weighted by Crippen LogP contribution is 2.19. The summed E-state index contributed by atoms with van der Waals surface area (Å²) in [4.78, 5) is 13.2. The highest BCUT2D eigenvalue weighted by Gasteiger charge is 2.19. The lowest BCUT2D eigenvalue weighted by Crippen LogP contribution is -2.51. The number of anilines is 1. The van der Waals surface area contributed by atoms with Gasteiger partial charge < -0.3 is 15.5 Å². The minimum absolute atomic E-state index is 0.593. The molecule has 0 unspecified atom stereocenters. The summed E-state index contributed by atoms with van der Waals surface area (Å²) in [7, 11) is 0. The zero-order valence-corrected chi connectivity index (χ0v) is 12.0. The van der Waals surface area contributed by atoms with E-state index >= 15 is 0 Å². The van der Waals surface area contributed by atoms with E-state index in [1.54, 1.807) is 11.3 Å². The summed E-state index contributed by atoms with van der Waals surface area (Å²) in [6.07, 6.45) is 1.84. The molecule has 2 heterocycles. The quantitative estimate of drug-likeness (QED) is 0.677. The van der Waals surface area contributed by atoms with E-state index in [2.05, 4.69) is 19.8 Å². The maximum Gasteiger partial charge on any atom is 0.196 e. The number of thiazole rings is 1. The molecule has 0 saturated carbocycles. The normalized spacial score (nSPS) is 16.5. The lowest BCUT2D eigenvalue weighted by molar-refractivity contribution is 0.382. The lowest BCUT2D eigenvalue weighted by atomic mass is 10.3. The Bertz CT molecular complexity index is 559. The molecule has 1 aromatic carbocycles. The molecule has 0 aliphatic carbocycles. The highest BCUT2D eigenvalue weighted by atomic mass is 32.1. The van der Waals surface area contributed by atoms with Crippen LogP contribution in [0.25, 0.3) is 0 Å². The molecule has 0 spiro atoms. The predicted molar refractivity (Wildman–Crippen MR) is 83.6 cm³/mol. The molecule has 0 amide bonds. The fraction of sp³-hybridized carbons (Fsp3) is 0.286. The Morgan fingerprint density at radius 1 is 1.15 bits per heavy atom. The fourth-order valence-corrected chi connectivity index (χ4v) is 2.90. The van der Waals surface area contributed by atoms with Crippen LogP contribution in [0.3, 0.4) is 0 Å². The van der Waals surface area contributed by atoms with Crippen LogP contribution in [0.5, 0.6) is 0 Å². The Labute approximate surface area is 122 Å².